The lowest BCUT2D eigenvalue weighted by Gasteiger charge is -1.98. The Morgan fingerprint density at radius 3 is 2.50 bits per heavy atom. The van der Waals surface area contributed by atoms with E-state index in [4.69, 9.17) is 0 Å². The summed E-state index contributed by atoms with van der Waals surface area (Å²) >= 11 is 0. The molecule has 0 aliphatic carbocycles. The van der Waals surface area contributed by atoms with E-state index >= 15 is 0 Å². The molecule has 1 aromatic rings. The average Bonchev–Trinajstić information content (AvgIpc) is 2.70. The summed E-state index contributed by atoms with van der Waals surface area (Å²) in [6.45, 7) is 1.88. The first kappa shape index (κ1) is 11.1. The van der Waals surface area contributed by atoms with Crippen molar-refractivity contribution in [2.24, 2.45) is 18.6 Å². The first-order valence-corrected chi connectivity index (χ1v) is 6.94. The Balaban J connectivity index is 2.40. The number of nitrogens with zero attached hydrogens (tertiary/aromatic N) is 4. The summed E-state index contributed by atoms with van der Waals surface area (Å²) in [7, 11) is -4.77. The maximum atomic E-state index is 11.8. The summed E-state index contributed by atoms with van der Waals surface area (Å²) in [5.41, 5.74) is 2.29. The lowest BCUT2D eigenvalue weighted by molar-refractivity contribution is 0.598. The second kappa shape index (κ2) is 4.22. The third kappa shape index (κ3) is 2.39. The van der Waals surface area contributed by atoms with Gasteiger partial charge in [-0.2, -0.15) is 8.42 Å². The molecule has 0 amide bonds. The van der Waals surface area contributed by atoms with Crippen LogP contribution in [0.2, 0.25) is 0 Å². The van der Waals surface area contributed by atoms with Crippen LogP contribution in [-0.4, -0.2) is 14.0 Å². The lowest BCUT2D eigenvalue weighted by Crippen LogP contribution is -1.98. The summed E-state index contributed by atoms with van der Waals surface area (Å²) in [4.78, 5) is 0.154. The monoisotopic (exact) mass is 256 g/mol. The van der Waals surface area contributed by atoms with Crippen molar-refractivity contribution in [3.05, 3.63) is 29.8 Å². The fourth-order valence-corrected chi connectivity index (χ4v) is 3.22. The molecule has 1 aromatic carbocycles. The topological polar surface area (TPSA) is 83.6 Å². The second-order valence-electron chi connectivity index (χ2n) is 3.05. The minimum atomic E-state index is -3.67. The molecule has 1 heterocycles. The van der Waals surface area contributed by atoms with Gasteiger partial charge in [0.1, 0.15) is 16.4 Å². The van der Waals surface area contributed by atoms with E-state index in [-0.39, 0.29) is 4.90 Å². The van der Waals surface area contributed by atoms with Crippen LogP contribution in [0.4, 0.5) is 0 Å². The van der Waals surface area contributed by atoms with Crippen molar-refractivity contribution in [3.63, 3.8) is 0 Å². The predicted octanol–water partition coefficient (Wildman–Crippen LogP) is 1.81. The van der Waals surface area contributed by atoms with Gasteiger partial charge < -0.3 is 0 Å². The number of hydrogen-bond acceptors (Lipinski definition) is 4. The zero-order valence-electron chi connectivity index (χ0n) is 8.31. The SMILES string of the molecule is Cc1ccc(S(=O)(=O)/N=S2\C=NN=N2)cc1. The third-order valence-electron chi connectivity index (χ3n) is 1.81. The van der Waals surface area contributed by atoms with Gasteiger partial charge in [0.05, 0.1) is 4.90 Å². The molecule has 0 N–H and O–H groups in total. The van der Waals surface area contributed by atoms with Crippen LogP contribution in [0, 0.1) is 6.92 Å². The van der Waals surface area contributed by atoms with Crippen LogP contribution in [0.5, 0.6) is 0 Å². The van der Waals surface area contributed by atoms with Gasteiger partial charge in [-0.05, 0) is 24.3 Å². The van der Waals surface area contributed by atoms with Crippen molar-refractivity contribution >= 4 is 26.4 Å². The van der Waals surface area contributed by atoms with Crippen LogP contribution < -0.4 is 0 Å². The largest absolute Gasteiger partial charge is 0.289 e. The van der Waals surface area contributed by atoms with E-state index in [9.17, 15) is 8.42 Å². The van der Waals surface area contributed by atoms with Gasteiger partial charge in [-0.1, -0.05) is 22.2 Å². The Hall–Kier alpha value is -1.41. The van der Waals surface area contributed by atoms with Crippen LogP contribution in [0.15, 0.2) is 47.8 Å². The van der Waals surface area contributed by atoms with Gasteiger partial charge in [0.25, 0.3) is 10.0 Å². The maximum Gasteiger partial charge on any atom is 0.289 e. The van der Waals surface area contributed by atoms with Crippen LogP contribution >= 0.6 is 0 Å². The van der Waals surface area contributed by atoms with Gasteiger partial charge in [0.15, 0.2) is 0 Å². The molecule has 8 heteroatoms. The average molecular weight is 256 g/mol. The van der Waals surface area contributed by atoms with E-state index in [1.54, 1.807) is 12.1 Å². The molecule has 0 spiro atoms. The van der Waals surface area contributed by atoms with Gasteiger partial charge in [0.2, 0.25) is 0 Å². The van der Waals surface area contributed by atoms with E-state index in [0.29, 0.717) is 0 Å². The van der Waals surface area contributed by atoms with Crippen LogP contribution in [0.25, 0.3) is 0 Å². The Kier molecular flexibility index (Phi) is 2.92. The van der Waals surface area contributed by atoms with Gasteiger partial charge in [0, 0.05) is 0 Å². The molecule has 16 heavy (non-hydrogen) atoms. The first-order valence-electron chi connectivity index (χ1n) is 4.30. The van der Waals surface area contributed by atoms with Gasteiger partial charge in [-0.3, -0.25) is 0 Å². The fraction of sp³-hybridized carbons (Fsp3) is 0.125. The highest BCUT2D eigenvalue weighted by Gasteiger charge is 2.14. The summed E-state index contributed by atoms with van der Waals surface area (Å²) in [5, 5.41) is 6.75. The zero-order valence-corrected chi connectivity index (χ0v) is 9.94. The maximum absolute atomic E-state index is 11.8. The van der Waals surface area contributed by atoms with Gasteiger partial charge in [-0.15, -0.1) is 8.87 Å². The summed E-state index contributed by atoms with van der Waals surface area (Å²) in [5.74, 6) is 0. The predicted molar refractivity (Wildman–Crippen MR) is 61.5 cm³/mol. The van der Waals surface area contributed by atoms with Crippen molar-refractivity contribution in [2.45, 2.75) is 11.8 Å². The van der Waals surface area contributed by atoms with E-state index in [1.165, 1.54) is 17.7 Å². The molecule has 0 bridgehead atoms. The number of aryl methyl sites for hydroxylation is 1. The molecule has 0 fully saturated rings. The van der Waals surface area contributed by atoms with E-state index in [1.807, 2.05) is 6.92 Å². The Morgan fingerprint density at radius 2 is 1.94 bits per heavy atom. The van der Waals surface area contributed by atoms with E-state index < -0.39 is 20.9 Å². The molecule has 0 aromatic heterocycles. The molecule has 1 aliphatic rings. The van der Waals surface area contributed by atoms with Crippen LogP contribution in [0.3, 0.4) is 0 Å². The summed E-state index contributed by atoms with van der Waals surface area (Å²) in [6, 6.07) is 6.47. The van der Waals surface area contributed by atoms with Crippen molar-refractivity contribution in [3.8, 4) is 0 Å². The van der Waals surface area contributed by atoms with Crippen molar-refractivity contribution in [2.75, 3.05) is 0 Å². The van der Waals surface area contributed by atoms with Gasteiger partial charge in [-0.25, -0.2) is 0 Å². The zero-order chi connectivity index (χ0) is 11.6. The molecule has 0 radical (unpaired) electrons. The molecule has 84 valence electrons. The molecule has 0 saturated heterocycles. The van der Waals surface area contributed by atoms with Crippen molar-refractivity contribution in [1.82, 2.24) is 0 Å². The van der Waals surface area contributed by atoms with Crippen LogP contribution in [0.1, 0.15) is 5.56 Å². The Morgan fingerprint density at radius 1 is 1.25 bits per heavy atom. The quantitative estimate of drug-likeness (QED) is 0.808. The first-order chi connectivity index (χ1) is 7.58. The molecule has 1 aliphatic heterocycles. The molecule has 1 atom stereocenters. The lowest BCUT2D eigenvalue weighted by atomic mass is 10.2. The van der Waals surface area contributed by atoms with Gasteiger partial charge >= 0.3 is 0 Å². The van der Waals surface area contributed by atoms with Crippen molar-refractivity contribution in [1.29, 1.82) is 0 Å². The minimum absolute atomic E-state index is 0.154. The Bertz CT molecular complexity index is 573. The van der Waals surface area contributed by atoms with Crippen LogP contribution in [-0.2, 0) is 20.9 Å². The summed E-state index contributed by atoms with van der Waals surface area (Å²) < 4.78 is 30.7. The number of hydrogen-bond donors (Lipinski definition) is 0. The van der Waals surface area contributed by atoms with E-state index in [2.05, 4.69) is 18.6 Å². The molecule has 1 unspecified atom stereocenters. The number of sulfonamides is 1. The highest BCUT2D eigenvalue weighted by atomic mass is 32.3. The smallest absolute Gasteiger partial charge is 0.199 e. The molecular weight excluding hydrogens is 248 g/mol. The molecular formula is C8H8N4O2S2. The number of benzene rings is 1. The number of rotatable bonds is 2. The molecule has 2 rings (SSSR count). The Labute approximate surface area is 95.4 Å². The normalized spacial score (nSPS) is 19.4. The van der Waals surface area contributed by atoms with E-state index in [0.717, 1.165) is 5.56 Å². The third-order valence-corrected chi connectivity index (χ3v) is 4.59. The fourth-order valence-electron chi connectivity index (χ4n) is 1.03. The molecule has 0 saturated carbocycles. The minimum Gasteiger partial charge on any atom is -0.199 e. The second-order valence-corrected chi connectivity index (χ2v) is 6.02. The summed E-state index contributed by atoms with van der Waals surface area (Å²) in [6.07, 6.45) is 0. The molecule has 6 nitrogen and oxygen atoms in total. The highest BCUT2D eigenvalue weighted by molar-refractivity contribution is 8.06. The highest BCUT2D eigenvalue weighted by Crippen LogP contribution is 2.15. The standard InChI is InChI=1S/C8H8N4O2S2/c1-7-2-4-8(5-3-7)16(13,14)12-15-6-9-10-11-15/h2-6H,1H3. The van der Waals surface area contributed by atoms with Crippen molar-refractivity contribution < 1.29 is 8.42 Å².